The summed E-state index contributed by atoms with van der Waals surface area (Å²) in [6, 6.07) is 10.7. The zero-order valence-electron chi connectivity index (χ0n) is 18.8. The molecule has 180 valence electrons. The molecule has 34 heavy (non-hydrogen) atoms. The summed E-state index contributed by atoms with van der Waals surface area (Å²) in [6.07, 6.45) is -3.44. The first-order valence-corrected chi connectivity index (χ1v) is 11.2. The second-order valence-corrected chi connectivity index (χ2v) is 8.67. The summed E-state index contributed by atoms with van der Waals surface area (Å²) in [4.78, 5) is 13.1. The monoisotopic (exact) mass is 473 g/mol. The molecule has 0 aromatic heterocycles. The van der Waals surface area contributed by atoms with E-state index in [2.05, 4.69) is 16.7 Å². The second-order valence-electron chi connectivity index (χ2n) is 8.67. The largest absolute Gasteiger partial charge is 0.482 e. The number of fused-ring (bicyclic) bond motifs is 1. The molecule has 0 saturated carbocycles. The predicted octanol–water partition coefficient (Wildman–Crippen LogP) is 4.35. The maximum atomic E-state index is 12.9. The molecule has 2 aromatic rings. The fourth-order valence-electron chi connectivity index (χ4n) is 4.26. The van der Waals surface area contributed by atoms with Crippen LogP contribution in [0, 0.1) is 17.8 Å². The molecule has 0 aliphatic carbocycles. The summed E-state index contributed by atoms with van der Waals surface area (Å²) in [7, 11) is 0. The Hall–Kier alpha value is -3.02. The Morgan fingerprint density at radius 3 is 2.50 bits per heavy atom. The molecule has 3 atom stereocenters. The quantitative estimate of drug-likeness (QED) is 0.633. The Kier molecular flexibility index (Phi) is 7.15. The van der Waals surface area contributed by atoms with E-state index in [9.17, 15) is 18.0 Å². The van der Waals surface area contributed by atoms with Gasteiger partial charge in [0.2, 0.25) is 0 Å². The van der Waals surface area contributed by atoms with E-state index in [1.54, 1.807) is 6.07 Å². The van der Waals surface area contributed by atoms with E-state index < -0.39 is 23.8 Å². The Bertz CT molecular complexity index is 1090. The van der Waals surface area contributed by atoms with Crippen LogP contribution in [-0.2, 0) is 28.5 Å². The molecule has 0 fully saturated rings. The molecule has 8 heteroatoms. The lowest BCUT2D eigenvalue weighted by Gasteiger charge is -2.32. The van der Waals surface area contributed by atoms with Crippen LogP contribution < -0.4 is 4.74 Å². The fraction of sp³-hybridized carbons (Fsp3) is 0.423. The van der Waals surface area contributed by atoms with Crippen molar-refractivity contribution in [1.29, 1.82) is 0 Å². The van der Waals surface area contributed by atoms with Gasteiger partial charge in [0.05, 0.1) is 11.7 Å². The van der Waals surface area contributed by atoms with Crippen molar-refractivity contribution in [2.45, 2.75) is 38.1 Å². The van der Waals surface area contributed by atoms with Gasteiger partial charge in [0.25, 0.3) is 0 Å². The SMILES string of the molecule is CC1C#CC(c2ccc(C(F)(F)F)cc2)O[C@@H]1CN1CCc2ccc(OCC(=O)O)cc2CC1. The van der Waals surface area contributed by atoms with Crippen molar-refractivity contribution >= 4 is 5.97 Å². The van der Waals surface area contributed by atoms with Gasteiger partial charge in [-0.3, -0.25) is 0 Å². The second kappa shape index (κ2) is 10.1. The van der Waals surface area contributed by atoms with Gasteiger partial charge in [-0.25, -0.2) is 4.79 Å². The molecule has 2 heterocycles. The van der Waals surface area contributed by atoms with E-state index in [0.717, 1.165) is 43.6 Å². The molecular formula is C26H26F3NO4. The van der Waals surface area contributed by atoms with Gasteiger partial charge in [-0.1, -0.05) is 30.0 Å². The van der Waals surface area contributed by atoms with Crippen molar-refractivity contribution in [2.24, 2.45) is 5.92 Å². The Morgan fingerprint density at radius 1 is 1.12 bits per heavy atom. The van der Waals surface area contributed by atoms with Crippen LogP contribution in [0.15, 0.2) is 42.5 Å². The minimum absolute atomic E-state index is 0.00680. The van der Waals surface area contributed by atoms with Crippen molar-refractivity contribution in [3.05, 3.63) is 64.7 Å². The molecule has 2 unspecified atom stereocenters. The third-order valence-corrected chi connectivity index (χ3v) is 6.22. The average molecular weight is 473 g/mol. The molecule has 0 amide bonds. The van der Waals surface area contributed by atoms with Crippen molar-refractivity contribution in [2.75, 3.05) is 26.2 Å². The standard InChI is InChI=1S/C26H26F3NO4/c1-17-2-9-23(19-3-6-21(7-4-19)26(27,28)29)34-24(17)15-30-12-10-18-5-8-22(33-16-25(31)32)14-20(18)11-13-30/h3-8,14,17,23-24H,10-13,15-16H2,1H3,(H,31,32)/t17?,23?,24-/m1/s1. The summed E-state index contributed by atoms with van der Waals surface area (Å²) in [5.41, 5.74) is 2.29. The Labute approximate surface area is 196 Å². The summed E-state index contributed by atoms with van der Waals surface area (Å²) in [6.45, 7) is 3.94. The van der Waals surface area contributed by atoms with Crippen LogP contribution in [-0.4, -0.2) is 48.3 Å². The number of carboxylic acids is 1. The van der Waals surface area contributed by atoms with Gasteiger partial charge in [-0.05, 0) is 60.7 Å². The van der Waals surface area contributed by atoms with Crippen LogP contribution in [0.3, 0.4) is 0 Å². The van der Waals surface area contributed by atoms with Crippen LogP contribution in [0.2, 0.25) is 0 Å². The van der Waals surface area contributed by atoms with Crippen molar-refractivity contribution < 1.29 is 32.5 Å². The molecule has 0 radical (unpaired) electrons. The zero-order valence-corrected chi connectivity index (χ0v) is 18.8. The number of hydrogen-bond donors (Lipinski definition) is 1. The summed E-state index contributed by atoms with van der Waals surface area (Å²) in [5, 5.41) is 8.81. The Balaban J connectivity index is 1.38. The molecule has 2 aliphatic rings. The van der Waals surface area contributed by atoms with Crippen molar-refractivity contribution in [3.8, 4) is 17.6 Å². The number of nitrogens with zero attached hydrogens (tertiary/aromatic N) is 1. The van der Waals surface area contributed by atoms with Crippen LogP contribution in [0.1, 0.15) is 35.3 Å². The maximum absolute atomic E-state index is 12.9. The molecule has 0 bridgehead atoms. The third-order valence-electron chi connectivity index (χ3n) is 6.22. The zero-order chi connectivity index (χ0) is 24.3. The van der Waals surface area contributed by atoms with E-state index in [0.29, 0.717) is 17.9 Å². The number of rotatable bonds is 6. The number of benzene rings is 2. The molecule has 4 rings (SSSR count). The summed E-state index contributed by atoms with van der Waals surface area (Å²) >= 11 is 0. The molecule has 2 aromatic carbocycles. The number of aliphatic carboxylic acids is 1. The van der Waals surface area contributed by atoms with Gasteiger partial charge in [0.15, 0.2) is 6.61 Å². The van der Waals surface area contributed by atoms with E-state index in [4.69, 9.17) is 14.6 Å². The van der Waals surface area contributed by atoms with Gasteiger partial charge >= 0.3 is 12.1 Å². The number of carbonyl (C=O) groups is 1. The summed E-state index contributed by atoms with van der Waals surface area (Å²) < 4.78 is 50.1. The minimum Gasteiger partial charge on any atom is -0.482 e. The molecule has 0 saturated heterocycles. The van der Waals surface area contributed by atoms with Gasteiger partial charge in [0.1, 0.15) is 11.9 Å². The highest BCUT2D eigenvalue weighted by molar-refractivity contribution is 5.68. The Morgan fingerprint density at radius 2 is 1.82 bits per heavy atom. The van der Waals surface area contributed by atoms with Gasteiger partial charge in [-0.2, -0.15) is 13.2 Å². The summed E-state index contributed by atoms with van der Waals surface area (Å²) in [5.74, 6) is 5.77. The molecule has 2 aliphatic heterocycles. The first-order chi connectivity index (χ1) is 16.2. The molecule has 1 N–H and O–H groups in total. The van der Waals surface area contributed by atoms with Crippen LogP contribution in [0.25, 0.3) is 0 Å². The van der Waals surface area contributed by atoms with Crippen molar-refractivity contribution in [1.82, 2.24) is 4.90 Å². The first-order valence-electron chi connectivity index (χ1n) is 11.2. The lowest BCUT2D eigenvalue weighted by molar-refractivity contribution is -0.139. The van der Waals surface area contributed by atoms with Crippen LogP contribution in [0.4, 0.5) is 13.2 Å². The maximum Gasteiger partial charge on any atom is 0.416 e. The van der Waals surface area contributed by atoms with Gasteiger partial charge < -0.3 is 19.5 Å². The topological polar surface area (TPSA) is 59.0 Å². The lowest BCUT2D eigenvalue weighted by Crippen LogP contribution is -2.40. The number of alkyl halides is 3. The molecule has 5 nitrogen and oxygen atoms in total. The minimum atomic E-state index is -4.37. The van der Waals surface area contributed by atoms with E-state index in [-0.39, 0.29) is 18.6 Å². The number of carboxylic acid groups (broad SMARTS) is 1. The smallest absolute Gasteiger partial charge is 0.416 e. The van der Waals surface area contributed by atoms with Crippen molar-refractivity contribution in [3.63, 3.8) is 0 Å². The number of ether oxygens (including phenoxy) is 2. The first kappa shape index (κ1) is 24.1. The highest BCUT2D eigenvalue weighted by Crippen LogP contribution is 2.32. The van der Waals surface area contributed by atoms with Gasteiger partial charge in [0, 0.05) is 25.6 Å². The van der Waals surface area contributed by atoms with Crippen LogP contribution in [0.5, 0.6) is 5.75 Å². The normalized spacial score (nSPS) is 22.8. The highest BCUT2D eigenvalue weighted by Gasteiger charge is 2.31. The molecule has 0 spiro atoms. The number of halogens is 3. The van der Waals surface area contributed by atoms with Crippen LogP contribution >= 0.6 is 0 Å². The fourth-order valence-corrected chi connectivity index (χ4v) is 4.26. The third kappa shape index (κ3) is 5.91. The molecular weight excluding hydrogens is 447 g/mol. The predicted molar refractivity (Wildman–Crippen MR) is 119 cm³/mol. The van der Waals surface area contributed by atoms with E-state index in [1.807, 2.05) is 19.1 Å². The lowest BCUT2D eigenvalue weighted by atomic mass is 9.98. The van der Waals surface area contributed by atoms with E-state index in [1.165, 1.54) is 17.7 Å². The van der Waals surface area contributed by atoms with Gasteiger partial charge in [-0.15, -0.1) is 0 Å². The average Bonchev–Trinajstić information content (AvgIpc) is 3.00. The highest BCUT2D eigenvalue weighted by atomic mass is 19.4. The van der Waals surface area contributed by atoms with E-state index >= 15 is 0 Å². The number of hydrogen-bond acceptors (Lipinski definition) is 4.